The van der Waals surface area contributed by atoms with Crippen LogP contribution in [0.1, 0.15) is 11.1 Å². The molecular weight excluding hydrogens is 359 g/mol. The summed E-state index contributed by atoms with van der Waals surface area (Å²) in [6.45, 7) is 3.07. The first-order chi connectivity index (χ1) is 12.0. The monoisotopic (exact) mass is 382 g/mol. The Kier molecular flexibility index (Phi) is 7.85. The Morgan fingerprint density at radius 2 is 1.84 bits per heavy atom. The second kappa shape index (κ2) is 9.88. The van der Waals surface area contributed by atoms with Crippen LogP contribution in [-0.2, 0) is 13.2 Å². The Bertz CT molecular complexity index is 693. The Labute approximate surface area is 159 Å². The number of nitrogens with zero attached hydrogens (tertiary/aromatic N) is 1. The van der Waals surface area contributed by atoms with Gasteiger partial charge in [-0.3, -0.25) is 0 Å². The molecular formula is C19H24Cl2N2O2. The van der Waals surface area contributed by atoms with Crippen molar-refractivity contribution in [2.75, 3.05) is 34.3 Å². The predicted octanol–water partition coefficient (Wildman–Crippen LogP) is 4.23. The zero-order chi connectivity index (χ0) is 18.2. The number of rotatable bonds is 9. The molecule has 0 fully saturated rings. The maximum Gasteiger partial charge on any atom is 0.161 e. The molecule has 0 saturated heterocycles. The highest BCUT2D eigenvalue weighted by Crippen LogP contribution is 2.30. The van der Waals surface area contributed by atoms with Crippen LogP contribution >= 0.6 is 23.2 Å². The lowest BCUT2D eigenvalue weighted by Gasteiger charge is -2.14. The molecule has 0 atom stereocenters. The van der Waals surface area contributed by atoms with Gasteiger partial charge in [-0.05, 0) is 43.9 Å². The summed E-state index contributed by atoms with van der Waals surface area (Å²) in [5, 5.41) is 4.61. The average molecular weight is 383 g/mol. The fraction of sp³-hybridized carbons (Fsp3) is 0.368. The zero-order valence-corrected chi connectivity index (χ0v) is 16.3. The smallest absolute Gasteiger partial charge is 0.161 e. The summed E-state index contributed by atoms with van der Waals surface area (Å²) in [5.74, 6) is 1.39. The van der Waals surface area contributed by atoms with E-state index in [1.165, 1.54) is 0 Å². The number of methoxy groups -OCH3 is 1. The highest BCUT2D eigenvalue weighted by atomic mass is 35.5. The molecule has 4 nitrogen and oxygen atoms in total. The number of hydrogen-bond acceptors (Lipinski definition) is 4. The molecule has 0 radical (unpaired) electrons. The molecule has 25 heavy (non-hydrogen) atoms. The van der Waals surface area contributed by atoms with Gasteiger partial charge in [-0.1, -0.05) is 35.3 Å². The van der Waals surface area contributed by atoms with Gasteiger partial charge >= 0.3 is 0 Å². The molecule has 2 rings (SSSR count). The van der Waals surface area contributed by atoms with E-state index in [4.69, 9.17) is 32.7 Å². The summed E-state index contributed by atoms with van der Waals surface area (Å²) in [6, 6.07) is 11.3. The Morgan fingerprint density at radius 1 is 1.04 bits per heavy atom. The molecule has 0 heterocycles. The van der Waals surface area contributed by atoms with Crippen molar-refractivity contribution in [2.24, 2.45) is 0 Å². The first-order valence-corrected chi connectivity index (χ1v) is 8.84. The van der Waals surface area contributed by atoms with Gasteiger partial charge in [0, 0.05) is 35.2 Å². The average Bonchev–Trinajstić information content (AvgIpc) is 2.58. The molecule has 0 spiro atoms. The molecule has 1 N–H and O–H groups in total. The minimum atomic E-state index is 0.354. The predicted molar refractivity (Wildman–Crippen MR) is 104 cm³/mol. The van der Waals surface area contributed by atoms with Crippen LogP contribution in [0.2, 0.25) is 10.0 Å². The molecule has 2 aromatic carbocycles. The van der Waals surface area contributed by atoms with Gasteiger partial charge in [0.1, 0.15) is 6.61 Å². The fourth-order valence-corrected chi connectivity index (χ4v) is 2.73. The first kappa shape index (κ1) is 19.9. The lowest BCUT2D eigenvalue weighted by Crippen LogP contribution is -2.26. The zero-order valence-electron chi connectivity index (χ0n) is 14.8. The fourth-order valence-electron chi connectivity index (χ4n) is 2.27. The molecule has 0 aliphatic carbocycles. The lowest BCUT2D eigenvalue weighted by molar-refractivity contribution is 0.284. The molecule has 0 saturated carbocycles. The van der Waals surface area contributed by atoms with Crippen LogP contribution in [0, 0.1) is 0 Å². The van der Waals surface area contributed by atoms with Crippen LogP contribution < -0.4 is 14.8 Å². The van der Waals surface area contributed by atoms with E-state index in [1.54, 1.807) is 19.2 Å². The van der Waals surface area contributed by atoms with Crippen LogP contribution in [0.5, 0.6) is 11.5 Å². The van der Waals surface area contributed by atoms with Gasteiger partial charge in [-0.2, -0.15) is 0 Å². The van der Waals surface area contributed by atoms with Gasteiger partial charge < -0.3 is 19.7 Å². The quantitative estimate of drug-likeness (QED) is 0.657. The Hall–Kier alpha value is -1.46. The third kappa shape index (κ3) is 6.40. The van der Waals surface area contributed by atoms with Crippen molar-refractivity contribution in [3.63, 3.8) is 0 Å². The second-order valence-corrected chi connectivity index (χ2v) is 6.83. The summed E-state index contributed by atoms with van der Waals surface area (Å²) in [7, 11) is 5.76. The molecule has 0 bridgehead atoms. The van der Waals surface area contributed by atoms with Crippen LogP contribution in [0.15, 0.2) is 36.4 Å². The maximum atomic E-state index is 6.18. The van der Waals surface area contributed by atoms with Gasteiger partial charge in [-0.25, -0.2) is 0 Å². The van der Waals surface area contributed by atoms with Crippen molar-refractivity contribution in [1.82, 2.24) is 10.2 Å². The van der Waals surface area contributed by atoms with E-state index in [0.717, 1.165) is 30.8 Å². The van der Waals surface area contributed by atoms with Gasteiger partial charge in [0.2, 0.25) is 0 Å². The van der Waals surface area contributed by atoms with E-state index in [1.807, 2.05) is 24.3 Å². The second-order valence-electron chi connectivity index (χ2n) is 5.99. The molecule has 0 amide bonds. The first-order valence-electron chi connectivity index (χ1n) is 8.08. The normalized spacial score (nSPS) is 11.0. The maximum absolute atomic E-state index is 6.18. The van der Waals surface area contributed by atoms with Gasteiger partial charge in [0.15, 0.2) is 11.5 Å². The van der Waals surface area contributed by atoms with E-state index in [-0.39, 0.29) is 0 Å². The van der Waals surface area contributed by atoms with Crippen molar-refractivity contribution in [3.05, 3.63) is 57.6 Å². The number of likely N-dealkylation sites (N-methyl/N-ethyl adjacent to an activating group) is 1. The summed E-state index contributed by atoms with van der Waals surface area (Å²) in [5.41, 5.74) is 2.02. The number of halogens is 2. The van der Waals surface area contributed by atoms with Crippen molar-refractivity contribution >= 4 is 23.2 Å². The summed E-state index contributed by atoms with van der Waals surface area (Å²) >= 11 is 12.1. The van der Waals surface area contributed by atoms with Crippen molar-refractivity contribution in [3.8, 4) is 11.5 Å². The summed E-state index contributed by atoms with van der Waals surface area (Å²) < 4.78 is 11.3. The van der Waals surface area contributed by atoms with E-state index < -0.39 is 0 Å². The minimum Gasteiger partial charge on any atom is -0.493 e. The topological polar surface area (TPSA) is 33.7 Å². The Morgan fingerprint density at radius 3 is 2.52 bits per heavy atom. The molecule has 136 valence electrons. The third-order valence-electron chi connectivity index (χ3n) is 3.69. The van der Waals surface area contributed by atoms with Crippen LogP contribution in [0.4, 0.5) is 0 Å². The van der Waals surface area contributed by atoms with Gasteiger partial charge in [0.25, 0.3) is 0 Å². The molecule has 0 aromatic heterocycles. The standard InChI is InChI=1S/C19H24Cl2N2O2/c1-23(2)9-8-22-12-14-4-7-18(19(10-14)24-3)25-13-15-5-6-16(20)11-17(15)21/h4-7,10-11,22H,8-9,12-13H2,1-3H3. The van der Waals surface area contributed by atoms with Crippen molar-refractivity contribution in [2.45, 2.75) is 13.2 Å². The summed E-state index contributed by atoms with van der Waals surface area (Å²) in [6.07, 6.45) is 0. The van der Waals surface area contributed by atoms with E-state index >= 15 is 0 Å². The SMILES string of the molecule is COc1cc(CNCCN(C)C)ccc1OCc1ccc(Cl)cc1Cl. The van der Waals surface area contributed by atoms with Gasteiger partial charge in [-0.15, -0.1) is 0 Å². The van der Waals surface area contributed by atoms with E-state index in [0.29, 0.717) is 28.2 Å². The third-order valence-corrected chi connectivity index (χ3v) is 4.28. The largest absolute Gasteiger partial charge is 0.493 e. The highest BCUT2D eigenvalue weighted by molar-refractivity contribution is 6.35. The number of ether oxygens (including phenoxy) is 2. The van der Waals surface area contributed by atoms with E-state index in [2.05, 4.69) is 24.3 Å². The lowest BCUT2D eigenvalue weighted by atomic mass is 10.2. The number of nitrogens with one attached hydrogen (secondary N) is 1. The van der Waals surface area contributed by atoms with Crippen molar-refractivity contribution in [1.29, 1.82) is 0 Å². The molecule has 0 unspecified atom stereocenters. The Balaban J connectivity index is 1.96. The highest BCUT2D eigenvalue weighted by Gasteiger charge is 2.08. The van der Waals surface area contributed by atoms with Gasteiger partial charge in [0.05, 0.1) is 7.11 Å². The van der Waals surface area contributed by atoms with E-state index in [9.17, 15) is 0 Å². The number of hydrogen-bond donors (Lipinski definition) is 1. The molecule has 2 aromatic rings. The van der Waals surface area contributed by atoms with Crippen LogP contribution in [0.25, 0.3) is 0 Å². The molecule has 6 heteroatoms. The molecule has 0 aliphatic heterocycles. The van der Waals surface area contributed by atoms with Crippen LogP contribution in [0.3, 0.4) is 0 Å². The molecule has 0 aliphatic rings. The van der Waals surface area contributed by atoms with Crippen LogP contribution in [-0.4, -0.2) is 39.2 Å². The minimum absolute atomic E-state index is 0.354. The summed E-state index contributed by atoms with van der Waals surface area (Å²) in [4.78, 5) is 2.15. The number of benzene rings is 2. The van der Waals surface area contributed by atoms with Crippen molar-refractivity contribution < 1.29 is 9.47 Å².